The first-order valence-electron chi connectivity index (χ1n) is 5.58. The first-order chi connectivity index (χ1) is 7.61. The molecule has 1 heterocycles. The van der Waals surface area contributed by atoms with Crippen molar-refractivity contribution in [3.8, 4) is 0 Å². The first-order valence-corrected chi connectivity index (χ1v) is 7.02. The summed E-state index contributed by atoms with van der Waals surface area (Å²) in [5, 5.41) is 3.08. The molecule has 0 aromatic heterocycles. The van der Waals surface area contributed by atoms with Gasteiger partial charge in [-0.05, 0) is 6.42 Å². The third kappa shape index (κ3) is 3.67. The van der Waals surface area contributed by atoms with E-state index in [1.54, 1.807) is 11.4 Å². The van der Waals surface area contributed by atoms with Gasteiger partial charge in [-0.15, -0.1) is 0 Å². The van der Waals surface area contributed by atoms with Gasteiger partial charge in [0.15, 0.2) is 0 Å². The molecule has 6 nitrogen and oxygen atoms in total. The van der Waals surface area contributed by atoms with Gasteiger partial charge in [0.05, 0.1) is 12.6 Å². The lowest BCUT2D eigenvalue weighted by Gasteiger charge is -2.36. The van der Waals surface area contributed by atoms with Gasteiger partial charge in [-0.2, -0.15) is 17.4 Å². The van der Waals surface area contributed by atoms with Gasteiger partial charge in [-0.25, -0.2) is 0 Å². The molecular formula is C9H21N3O3S. The molecule has 0 aromatic carbocycles. The lowest BCUT2D eigenvalue weighted by atomic mass is 10.2. The van der Waals surface area contributed by atoms with E-state index in [2.05, 4.69) is 10.0 Å². The molecule has 16 heavy (non-hydrogen) atoms. The first kappa shape index (κ1) is 13.9. The zero-order valence-electron chi connectivity index (χ0n) is 9.90. The quantitative estimate of drug-likeness (QED) is 0.551. The molecule has 7 heteroatoms. The van der Waals surface area contributed by atoms with Gasteiger partial charge >= 0.3 is 0 Å². The fourth-order valence-corrected chi connectivity index (χ4v) is 3.02. The van der Waals surface area contributed by atoms with Gasteiger partial charge in [0.1, 0.15) is 0 Å². The molecule has 1 aliphatic rings. The lowest BCUT2D eigenvalue weighted by Crippen LogP contribution is -2.61. The summed E-state index contributed by atoms with van der Waals surface area (Å²) in [5.41, 5.74) is 0. The number of rotatable bonds is 8. The van der Waals surface area contributed by atoms with Crippen LogP contribution in [0.4, 0.5) is 0 Å². The molecular weight excluding hydrogens is 230 g/mol. The minimum absolute atomic E-state index is 0.0972. The van der Waals surface area contributed by atoms with Crippen LogP contribution in [-0.4, -0.2) is 58.7 Å². The van der Waals surface area contributed by atoms with Gasteiger partial charge < -0.3 is 10.1 Å². The van der Waals surface area contributed by atoms with Crippen molar-refractivity contribution in [2.24, 2.45) is 0 Å². The van der Waals surface area contributed by atoms with Crippen molar-refractivity contribution in [1.82, 2.24) is 14.3 Å². The SMILES string of the molecule is CCCN(C1CNC1)S(=O)(=O)NCCOC. The number of hydrogen-bond acceptors (Lipinski definition) is 4. The van der Waals surface area contributed by atoms with Crippen LogP contribution in [0.25, 0.3) is 0 Å². The van der Waals surface area contributed by atoms with E-state index in [9.17, 15) is 8.42 Å². The van der Waals surface area contributed by atoms with Crippen LogP contribution in [0.2, 0.25) is 0 Å². The monoisotopic (exact) mass is 251 g/mol. The molecule has 2 N–H and O–H groups in total. The summed E-state index contributed by atoms with van der Waals surface area (Å²) in [5.74, 6) is 0. The fourth-order valence-electron chi connectivity index (χ4n) is 1.55. The maximum Gasteiger partial charge on any atom is 0.279 e. The van der Waals surface area contributed by atoms with Gasteiger partial charge in [-0.3, -0.25) is 0 Å². The van der Waals surface area contributed by atoms with E-state index in [0.717, 1.165) is 19.5 Å². The van der Waals surface area contributed by atoms with Crippen molar-refractivity contribution in [1.29, 1.82) is 0 Å². The lowest BCUT2D eigenvalue weighted by molar-refractivity contribution is 0.201. The van der Waals surface area contributed by atoms with E-state index in [1.165, 1.54) is 0 Å². The molecule has 96 valence electrons. The van der Waals surface area contributed by atoms with Crippen molar-refractivity contribution in [3.63, 3.8) is 0 Å². The Labute approximate surface area is 97.5 Å². The van der Waals surface area contributed by atoms with Crippen LogP contribution in [0.15, 0.2) is 0 Å². The van der Waals surface area contributed by atoms with Crippen LogP contribution in [0.1, 0.15) is 13.3 Å². The second-order valence-corrected chi connectivity index (χ2v) is 5.52. The average molecular weight is 251 g/mol. The Balaban J connectivity index is 2.53. The number of hydrogen-bond donors (Lipinski definition) is 2. The predicted octanol–water partition coefficient (Wildman–Crippen LogP) is -0.849. The molecule has 0 unspecified atom stereocenters. The Morgan fingerprint density at radius 3 is 2.62 bits per heavy atom. The van der Waals surface area contributed by atoms with Crippen molar-refractivity contribution < 1.29 is 13.2 Å². The van der Waals surface area contributed by atoms with Gasteiger partial charge in [0, 0.05) is 33.3 Å². The summed E-state index contributed by atoms with van der Waals surface area (Å²) in [6.45, 7) is 4.73. The molecule has 0 aromatic rings. The van der Waals surface area contributed by atoms with Crippen molar-refractivity contribution in [3.05, 3.63) is 0 Å². The third-order valence-electron chi connectivity index (χ3n) is 2.51. The highest BCUT2D eigenvalue weighted by Gasteiger charge is 2.32. The standard InChI is InChI=1S/C9H21N3O3S/c1-3-5-12(9-7-10-8-9)16(13,14)11-4-6-15-2/h9-11H,3-8H2,1-2H3. The van der Waals surface area contributed by atoms with Crippen LogP contribution < -0.4 is 10.0 Å². The van der Waals surface area contributed by atoms with Gasteiger partial charge in [0.2, 0.25) is 0 Å². The maximum atomic E-state index is 12.0. The van der Waals surface area contributed by atoms with Crippen LogP contribution in [-0.2, 0) is 14.9 Å². The van der Waals surface area contributed by atoms with Gasteiger partial charge in [-0.1, -0.05) is 6.92 Å². The Bertz CT molecular complexity index is 290. The van der Waals surface area contributed by atoms with Crippen LogP contribution in [0.3, 0.4) is 0 Å². The smallest absolute Gasteiger partial charge is 0.279 e. The van der Waals surface area contributed by atoms with Crippen molar-refractivity contribution in [2.75, 3.05) is 39.9 Å². The second kappa shape index (κ2) is 6.51. The average Bonchev–Trinajstić information content (AvgIpc) is 2.14. The molecule has 0 aliphatic carbocycles. The molecule has 0 saturated carbocycles. The molecule has 1 fully saturated rings. The summed E-state index contributed by atoms with van der Waals surface area (Å²) in [6.07, 6.45) is 0.821. The van der Waals surface area contributed by atoms with E-state index in [1.807, 2.05) is 6.92 Å². The van der Waals surface area contributed by atoms with E-state index in [4.69, 9.17) is 4.74 Å². The molecule has 1 rings (SSSR count). The molecule has 0 spiro atoms. The van der Waals surface area contributed by atoms with Crippen molar-refractivity contribution >= 4 is 10.2 Å². The normalized spacial score (nSPS) is 17.7. The number of methoxy groups -OCH3 is 1. The summed E-state index contributed by atoms with van der Waals surface area (Å²) in [4.78, 5) is 0. The summed E-state index contributed by atoms with van der Waals surface area (Å²) in [6, 6.07) is 0.0972. The Morgan fingerprint density at radius 1 is 1.50 bits per heavy atom. The number of nitrogens with zero attached hydrogens (tertiary/aromatic N) is 1. The Hall–Kier alpha value is -0.210. The maximum absolute atomic E-state index is 12.0. The molecule has 0 bridgehead atoms. The molecule has 0 atom stereocenters. The Morgan fingerprint density at radius 2 is 2.19 bits per heavy atom. The largest absolute Gasteiger partial charge is 0.383 e. The van der Waals surface area contributed by atoms with Crippen LogP contribution >= 0.6 is 0 Å². The zero-order valence-corrected chi connectivity index (χ0v) is 10.7. The number of nitrogens with one attached hydrogen (secondary N) is 2. The molecule has 1 aliphatic heterocycles. The number of ether oxygens (including phenoxy) is 1. The highest BCUT2D eigenvalue weighted by molar-refractivity contribution is 7.87. The van der Waals surface area contributed by atoms with E-state index >= 15 is 0 Å². The molecule has 0 radical (unpaired) electrons. The molecule has 0 amide bonds. The zero-order chi connectivity index (χ0) is 12.0. The summed E-state index contributed by atoms with van der Waals surface area (Å²) < 4.78 is 32.8. The van der Waals surface area contributed by atoms with Crippen molar-refractivity contribution in [2.45, 2.75) is 19.4 Å². The minimum Gasteiger partial charge on any atom is -0.383 e. The second-order valence-electron chi connectivity index (χ2n) is 3.81. The van der Waals surface area contributed by atoms with E-state index in [0.29, 0.717) is 19.7 Å². The Kier molecular flexibility index (Phi) is 5.63. The topological polar surface area (TPSA) is 70.7 Å². The highest BCUT2D eigenvalue weighted by atomic mass is 32.2. The van der Waals surface area contributed by atoms with E-state index < -0.39 is 10.2 Å². The van der Waals surface area contributed by atoms with Gasteiger partial charge in [0.25, 0.3) is 10.2 Å². The van der Waals surface area contributed by atoms with Crippen LogP contribution in [0.5, 0.6) is 0 Å². The predicted molar refractivity (Wildman–Crippen MR) is 62.5 cm³/mol. The van der Waals surface area contributed by atoms with Crippen LogP contribution in [0, 0.1) is 0 Å². The molecule has 1 saturated heterocycles. The summed E-state index contributed by atoms with van der Waals surface area (Å²) in [7, 11) is -1.80. The fraction of sp³-hybridized carbons (Fsp3) is 1.00. The minimum atomic E-state index is -3.35. The van der Waals surface area contributed by atoms with E-state index in [-0.39, 0.29) is 6.04 Å². The third-order valence-corrected chi connectivity index (χ3v) is 4.18. The highest BCUT2D eigenvalue weighted by Crippen LogP contribution is 2.10. The summed E-state index contributed by atoms with van der Waals surface area (Å²) >= 11 is 0.